The van der Waals surface area contributed by atoms with E-state index in [1.165, 1.54) is 6.21 Å². The topological polar surface area (TPSA) is 95.2 Å². The summed E-state index contributed by atoms with van der Waals surface area (Å²) in [6.45, 7) is 0.374. The standard InChI is InChI=1S/C23H23N3O4/c1-28-20-12-17(14-25-26-23(27)18-8-10-19(24)11-9-18)13-21(29-2)22(20)30-15-16-6-4-3-5-7-16/h3-14H,15,24H2,1-2H3,(H,26,27)/b25-14-. The summed E-state index contributed by atoms with van der Waals surface area (Å²) in [5.74, 6) is 1.15. The van der Waals surface area contributed by atoms with Gasteiger partial charge in [0.15, 0.2) is 11.5 Å². The van der Waals surface area contributed by atoms with Crippen molar-refractivity contribution in [3.05, 3.63) is 83.4 Å². The minimum absolute atomic E-state index is 0.340. The third-order valence-electron chi connectivity index (χ3n) is 4.26. The fourth-order valence-electron chi connectivity index (χ4n) is 2.71. The second-order valence-electron chi connectivity index (χ2n) is 6.35. The van der Waals surface area contributed by atoms with Crippen molar-refractivity contribution < 1.29 is 19.0 Å². The fourth-order valence-corrected chi connectivity index (χ4v) is 2.71. The first kappa shape index (κ1) is 20.7. The summed E-state index contributed by atoms with van der Waals surface area (Å²) in [4.78, 5) is 12.1. The molecule has 0 saturated carbocycles. The van der Waals surface area contributed by atoms with Gasteiger partial charge in [-0.3, -0.25) is 4.79 Å². The first-order valence-corrected chi connectivity index (χ1v) is 9.22. The first-order valence-electron chi connectivity index (χ1n) is 9.22. The normalized spacial score (nSPS) is 10.6. The maximum Gasteiger partial charge on any atom is 0.271 e. The molecule has 0 saturated heterocycles. The Kier molecular flexibility index (Phi) is 6.89. The highest BCUT2D eigenvalue weighted by molar-refractivity contribution is 5.95. The van der Waals surface area contributed by atoms with Gasteiger partial charge in [-0.15, -0.1) is 0 Å². The highest BCUT2D eigenvalue weighted by Crippen LogP contribution is 2.38. The summed E-state index contributed by atoms with van der Waals surface area (Å²) in [7, 11) is 3.10. The van der Waals surface area contributed by atoms with Crippen LogP contribution in [0.15, 0.2) is 71.8 Å². The number of nitrogens with zero attached hydrogens (tertiary/aromatic N) is 1. The predicted octanol–water partition coefficient (Wildman–Crippen LogP) is 3.63. The molecule has 0 aliphatic heterocycles. The largest absolute Gasteiger partial charge is 0.493 e. The lowest BCUT2D eigenvalue weighted by atomic mass is 10.2. The lowest BCUT2D eigenvalue weighted by Crippen LogP contribution is -2.17. The van der Waals surface area contributed by atoms with Gasteiger partial charge in [0, 0.05) is 16.8 Å². The summed E-state index contributed by atoms with van der Waals surface area (Å²) < 4.78 is 16.8. The smallest absolute Gasteiger partial charge is 0.271 e. The van der Waals surface area contributed by atoms with E-state index in [0.717, 1.165) is 5.56 Å². The number of hydrogen-bond acceptors (Lipinski definition) is 6. The number of amides is 1. The molecule has 3 aromatic rings. The average Bonchev–Trinajstić information content (AvgIpc) is 2.78. The van der Waals surface area contributed by atoms with Gasteiger partial charge in [-0.05, 0) is 42.0 Å². The van der Waals surface area contributed by atoms with Crippen molar-refractivity contribution in [2.45, 2.75) is 6.61 Å². The van der Waals surface area contributed by atoms with Crippen LogP contribution in [-0.4, -0.2) is 26.3 Å². The molecule has 0 unspecified atom stereocenters. The Morgan fingerprint density at radius 2 is 1.63 bits per heavy atom. The van der Waals surface area contributed by atoms with Gasteiger partial charge in [-0.25, -0.2) is 5.43 Å². The maximum absolute atomic E-state index is 12.1. The van der Waals surface area contributed by atoms with Crippen LogP contribution in [-0.2, 0) is 6.61 Å². The van der Waals surface area contributed by atoms with E-state index < -0.39 is 0 Å². The van der Waals surface area contributed by atoms with Gasteiger partial charge in [-0.2, -0.15) is 5.10 Å². The molecular weight excluding hydrogens is 382 g/mol. The number of nitrogens with one attached hydrogen (secondary N) is 1. The number of benzene rings is 3. The van der Waals surface area contributed by atoms with Crippen LogP contribution in [0.1, 0.15) is 21.5 Å². The molecule has 154 valence electrons. The molecule has 30 heavy (non-hydrogen) atoms. The number of carbonyl (C=O) groups is 1. The number of hydrogen-bond donors (Lipinski definition) is 2. The Labute approximate surface area is 175 Å². The van der Waals surface area contributed by atoms with E-state index in [1.54, 1.807) is 50.6 Å². The van der Waals surface area contributed by atoms with E-state index in [2.05, 4.69) is 10.5 Å². The van der Waals surface area contributed by atoms with E-state index in [4.69, 9.17) is 19.9 Å². The van der Waals surface area contributed by atoms with Crippen LogP contribution >= 0.6 is 0 Å². The van der Waals surface area contributed by atoms with Crippen molar-refractivity contribution in [3.63, 3.8) is 0 Å². The van der Waals surface area contributed by atoms with Gasteiger partial charge < -0.3 is 19.9 Å². The number of nitrogen functional groups attached to an aromatic ring is 1. The molecule has 7 nitrogen and oxygen atoms in total. The van der Waals surface area contributed by atoms with E-state index >= 15 is 0 Å². The highest BCUT2D eigenvalue weighted by atomic mass is 16.5. The number of hydrazone groups is 1. The molecule has 3 rings (SSSR count). The van der Waals surface area contributed by atoms with Crippen LogP contribution in [0.5, 0.6) is 17.2 Å². The summed E-state index contributed by atoms with van der Waals surface area (Å²) in [6, 6.07) is 19.9. The van der Waals surface area contributed by atoms with Gasteiger partial charge in [0.05, 0.1) is 20.4 Å². The van der Waals surface area contributed by atoms with Gasteiger partial charge >= 0.3 is 0 Å². The summed E-state index contributed by atoms with van der Waals surface area (Å²) in [5, 5.41) is 4.01. The molecule has 1 amide bonds. The molecule has 0 spiro atoms. The van der Waals surface area contributed by atoms with Crippen LogP contribution in [0.3, 0.4) is 0 Å². The van der Waals surface area contributed by atoms with Crippen molar-refractivity contribution in [1.82, 2.24) is 5.43 Å². The molecule has 0 radical (unpaired) electrons. The molecule has 0 heterocycles. The fraction of sp³-hybridized carbons (Fsp3) is 0.130. The number of methoxy groups -OCH3 is 2. The van der Waals surface area contributed by atoms with E-state index in [0.29, 0.717) is 40.7 Å². The summed E-state index contributed by atoms with van der Waals surface area (Å²) in [6.07, 6.45) is 1.50. The van der Waals surface area contributed by atoms with Gasteiger partial charge in [-0.1, -0.05) is 30.3 Å². The van der Waals surface area contributed by atoms with Crippen molar-refractivity contribution in [3.8, 4) is 17.2 Å². The average molecular weight is 405 g/mol. The van der Waals surface area contributed by atoms with Crippen LogP contribution in [0.2, 0.25) is 0 Å². The van der Waals surface area contributed by atoms with Crippen LogP contribution in [0.4, 0.5) is 5.69 Å². The minimum Gasteiger partial charge on any atom is -0.493 e. The summed E-state index contributed by atoms with van der Waals surface area (Å²) in [5.41, 5.74) is 10.9. The number of rotatable bonds is 8. The minimum atomic E-state index is -0.340. The molecule has 7 heteroatoms. The highest BCUT2D eigenvalue weighted by Gasteiger charge is 2.14. The molecule has 0 bridgehead atoms. The Bertz CT molecular complexity index is 993. The SMILES string of the molecule is COc1cc(/C=N\NC(=O)c2ccc(N)cc2)cc(OC)c1OCc1ccccc1. The second-order valence-corrected chi connectivity index (χ2v) is 6.35. The Morgan fingerprint density at radius 1 is 1.00 bits per heavy atom. The first-order chi connectivity index (χ1) is 14.6. The summed E-state index contributed by atoms with van der Waals surface area (Å²) >= 11 is 0. The van der Waals surface area contributed by atoms with Crippen LogP contribution in [0, 0.1) is 0 Å². The van der Waals surface area contributed by atoms with E-state index in [-0.39, 0.29) is 5.91 Å². The van der Waals surface area contributed by atoms with E-state index in [1.807, 2.05) is 30.3 Å². The molecule has 3 aromatic carbocycles. The quantitative estimate of drug-likeness (QED) is 0.339. The zero-order valence-electron chi connectivity index (χ0n) is 16.8. The van der Waals surface area contributed by atoms with Crippen molar-refractivity contribution in [2.75, 3.05) is 20.0 Å². The molecule has 0 aromatic heterocycles. The maximum atomic E-state index is 12.1. The molecule has 0 atom stereocenters. The molecule has 0 aliphatic carbocycles. The zero-order chi connectivity index (χ0) is 21.3. The molecule has 3 N–H and O–H groups in total. The zero-order valence-corrected chi connectivity index (χ0v) is 16.8. The van der Waals surface area contributed by atoms with Gasteiger partial charge in [0.2, 0.25) is 5.75 Å². The molecule has 0 aliphatic rings. The lowest BCUT2D eigenvalue weighted by Gasteiger charge is -2.15. The van der Waals surface area contributed by atoms with Crippen LogP contribution in [0.25, 0.3) is 0 Å². The lowest BCUT2D eigenvalue weighted by molar-refractivity contribution is 0.0955. The predicted molar refractivity (Wildman–Crippen MR) is 116 cm³/mol. The Morgan fingerprint density at radius 3 is 2.23 bits per heavy atom. The molecule has 0 fully saturated rings. The van der Waals surface area contributed by atoms with Gasteiger partial charge in [0.25, 0.3) is 5.91 Å². The monoisotopic (exact) mass is 405 g/mol. The van der Waals surface area contributed by atoms with Crippen molar-refractivity contribution in [2.24, 2.45) is 5.10 Å². The number of nitrogens with two attached hydrogens (primary N) is 1. The van der Waals surface area contributed by atoms with Gasteiger partial charge in [0.1, 0.15) is 6.61 Å². The Hall–Kier alpha value is -4.00. The third-order valence-corrected chi connectivity index (χ3v) is 4.26. The number of anilines is 1. The second kappa shape index (κ2) is 9.97. The van der Waals surface area contributed by atoms with E-state index in [9.17, 15) is 4.79 Å². The number of ether oxygens (including phenoxy) is 3. The molecular formula is C23H23N3O4. The van der Waals surface area contributed by atoms with Crippen LogP contribution < -0.4 is 25.4 Å². The Balaban J connectivity index is 1.73. The third kappa shape index (κ3) is 5.29. The van der Waals surface area contributed by atoms with Crippen molar-refractivity contribution >= 4 is 17.8 Å². The van der Waals surface area contributed by atoms with Crippen molar-refractivity contribution in [1.29, 1.82) is 0 Å². The number of carbonyl (C=O) groups excluding carboxylic acids is 1.